The van der Waals surface area contributed by atoms with Crippen LogP contribution in [0.15, 0.2) is 0 Å². The standard InChI is InChI=1S/C12H24O4Si/c1-13-17(14-2,15-11-7-3-4-8-11)16-12-9-5-6-10-12/h11-12H,3-10H2,1-2H3. The van der Waals surface area contributed by atoms with Gasteiger partial charge in [-0.3, -0.25) is 0 Å². The Morgan fingerprint density at radius 3 is 1.35 bits per heavy atom. The van der Waals surface area contributed by atoms with Crippen LogP contribution >= 0.6 is 0 Å². The fourth-order valence-corrected chi connectivity index (χ4v) is 4.62. The van der Waals surface area contributed by atoms with Crippen LogP contribution in [0.5, 0.6) is 0 Å². The topological polar surface area (TPSA) is 36.9 Å². The van der Waals surface area contributed by atoms with Gasteiger partial charge in [-0.25, -0.2) is 0 Å². The van der Waals surface area contributed by atoms with Crippen molar-refractivity contribution in [1.29, 1.82) is 0 Å². The molecule has 0 amide bonds. The van der Waals surface area contributed by atoms with Gasteiger partial charge < -0.3 is 17.7 Å². The van der Waals surface area contributed by atoms with Gasteiger partial charge in [0.1, 0.15) is 0 Å². The van der Waals surface area contributed by atoms with E-state index >= 15 is 0 Å². The first-order valence-electron chi connectivity index (χ1n) is 6.74. The van der Waals surface area contributed by atoms with E-state index in [9.17, 15) is 0 Å². The summed E-state index contributed by atoms with van der Waals surface area (Å²) in [6.07, 6.45) is 9.93. The van der Waals surface area contributed by atoms with E-state index in [-0.39, 0.29) is 12.2 Å². The van der Waals surface area contributed by atoms with E-state index in [1.807, 2.05) is 0 Å². The second-order valence-electron chi connectivity index (χ2n) is 4.96. The molecule has 0 aromatic rings. The smallest absolute Gasteiger partial charge is 0.355 e. The largest absolute Gasteiger partial charge is 0.679 e. The molecule has 0 aromatic heterocycles. The Kier molecular flexibility index (Phi) is 4.99. The molecule has 2 aliphatic carbocycles. The van der Waals surface area contributed by atoms with Crippen LogP contribution in [0.3, 0.4) is 0 Å². The fourth-order valence-electron chi connectivity index (χ4n) is 2.72. The summed E-state index contributed by atoms with van der Waals surface area (Å²) in [6, 6.07) is 0. The molecule has 0 spiro atoms. The van der Waals surface area contributed by atoms with Gasteiger partial charge in [-0.15, -0.1) is 0 Å². The quantitative estimate of drug-likeness (QED) is 0.688. The van der Waals surface area contributed by atoms with Crippen molar-refractivity contribution in [3.63, 3.8) is 0 Å². The minimum atomic E-state index is -2.87. The molecule has 5 heteroatoms. The highest BCUT2D eigenvalue weighted by molar-refractivity contribution is 6.53. The van der Waals surface area contributed by atoms with Gasteiger partial charge in [0, 0.05) is 14.2 Å². The van der Waals surface area contributed by atoms with Crippen molar-refractivity contribution in [2.75, 3.05) is 14.2 Å². The summed E-state index contributed by atoms with van der Waals surface area (Å²) >= 11 is 0. The third-order valence-electron chi connectivity index (χ3n) is 3.73. The molecule has 0 radical (unpaired) electrons. The van der Waals surface area contributed by atoms with Gasteiger partial charge in [0.05, 0.1) is 12.2 Å². The van der Waals surface area contributed by atoms with E-state index in [1.54, 1.807) is 14.2 Å². The summed E-state index contributed by atoms with van der Waals surface area (Å²) in [7, 11) is 0.404. The summed E-state index contributed by atoms with van der Waals surface area (Å²) in [5.74, 6) is 0. The predicted molar refractivity (Wildman–Crippen MR) is 66.5 cm³/mol. The fraction of sp³-hybridized carbons (Fsp3) is 1.00. The highest BCUT2D eigenvalue weighted by atomic mass is 28.4. The van der Waals surface area contributed by atoms with Crippen molar-refractivity contribution >= 4 is 9.05 Å². The Bertz CT molecular complexity index is 201. The lowest BCUT2D eigenvalue weighted by molar-refractivity contribution is -0.0525. The van der Waals surface area contributed by atoms with Gasteiger partial charge >= 0.3 is 9.05 Å². The van der Waals surface area contributed by atoms with Crippen molar-refractivity contribution in [3.8, 4) is 0 Å². The maximum Gasteiger partial charge on any atom is 0.679 e. The molecule has 0 aliphatic heterocycles. The Labute approximate surface area is 105 Å². The van der Waals surface area contributed by atoms with E-state index in [0.29, 0.717) is 0 Å². The van der Waals surface area contributed by atoms with Crippen molar-refractivity contribution in [2.45, 2.75) is 63.6 Å². The third-order valence-corrected chi connectivity index (χ3v) is 5.97. The zero-order valence-corrected chi connectivity index (χ0v) is 11.9. The maximum atomic E-state index is 6.03. The molecular weight excluding hydrogens is 236 g/mol. The Morgan fingerprint density at radius 2 is 1.06 bits per heavy atom. The summed E-state index contributed by atoms with van der Waals surface area (Å²) in [5, 5.41) is 0. The molecule has 100 valence electrons. The summed E-state index contributed by atoms with van der Waals surface area (Å²) in [4.78, 5) is 0. The molecule has 2 saturated carbocycles. The molecule has 2 rings (SSSR count). The lowest BCUT2D eigenvalue weighted by atomic mass is 10.3. The Balaban J connectivity index is 1.91. The normalized spacial score (nSPS) is 23.6. The number of hydrogen-bond donors (Lipinski definition) is 0. The SMILES string of the molecule is CO[Si](OC)(OC1CCCC1)OC1CCCC1. The van der Waals surface area contributed by atoms with Crippen molar-refractivity contribution in [1.82, 2.24) is 0 Å². The van der Waals surface area contributed by atoms with Crippen LogP contribution in [0.25, 0.3) is 0 Å². The summed E-state index contributed by atoms with van der Waals surface area (Å²) in [5.41, 5.74) is 0. The number of hydrogen-bond acceptors (Lipinski definition) is 4. The highest BCUT2D eigenvalue weighted by Gasteiger charge is 2.48. The summed E-state index contributed by atoms with van der Waals surface area (Å²) in [6.45, 7) is 0. The van der Waals surface area contributed by atoms with Gasteiger partial charge in [0.15, 0.2) is 0 Å². The first kappa shape index (κ1) is 13.5. The van der Waals surface area contributed by atoms with E-state index in [4.69, 9.17) is 17.7 Å². The van der Waals surface area contributed by atoms with Crippen LogP contribution in [0.4, 0.5) is 0 Å². The van der Waals surface area contributed by atoms with Crippen LogP contribution in [0, 0.1) is 0 Å². The van der Waals surface area contributed by atoms with E-state index < -0.39 is 9.05 Å². The Hall–Kier alpha value is 0.0569. The van der Waals surface area contributed by atoms with Crippen molar-refractivity contribution < 1.29 is 17.7 Å². The average Bonchev–Trinajstić information content (AvgIpc) is 3.01. The molecule has 0 unspecified atom stereocenters. The molecule has 0 aromatic carbocycles. The average molecular weight is 260 g/mol. The van der Waals surface area contributed by atoms with E-state index in [2.05, 4.69) is 0 Å². The van der Waals surface area contributed by atoms with Gasteiger partial charge in [-0.1, -0.05) is 25.7 Å². The molecule has 0 atom stereocenters. The minimum Gasteiger partial charge on any atom is -0.355 e. The van der Waals surface area contributed by atoms with Crippen molar-refractivity contribution in [2.24, 2.45) is 0 Å². The molecule has 2 aliphatic rings. The first-order valence-corrected chi connectivity index (χ1v) is 8.37. The van der Waals surface area contributed by atoms with Crippen LogP contribution < -0.4 is 0 Å². The Morgan fingerprint density at radius 1 is 0.706 bits per heavy atom. The molecule has 0 N–H and O–H groups in total. The highest BCUT2D eigenvalue weighted by Crippen LogP contribution is 2.29. The molecule has 2 fully saturated rings. The molecule has 0 saturated heterocycles. The lowest BCUT2D eigenvalue weighted by Crippen LogP contribution is -2.51. The van der Waals surface area contributed by atoms with E-state index in [1.165, 1.54) is 25.7 Å². The second kappa shape index (κ2) is 6.29. The molecule has 4 nitrogen and oxygen atoms in total. The van der Waals surface area contributed by atoms with Gasteiger partial charge in [0.25, 0.3) is 0 Å². The van der Waals surface area contributed by atoms with Gasteiger partial charge in [0.2, 0.25) is 0 Å². The predicted octanol–water partition coefficient (Wildman–Crippen LogP) is 2.63. The van der Waals surface area contributed by atoms with Crippen LogP contribution in [-0.2, 0) is 17.7 Å². The van der Waals surface area contributed by atoms with Crippen LogP contribution in [0.1, 0.15) is 51.4 Å². The zero-order valence-electron chi connectivity index (χ0n) is 10.9. The summed E-state index contributed by atoms with van der Waals surface area (Å²) < 4.78 is 23.0. The van der Waals surface area contributed by atoms with Gasteiger partial charge in [-0.2, -0.15) is 0 Å². The molecule has 17 heavy (non-hydrogen) atoms. The van der Waals surface area contributed by atoms with E-state index in [0.717, 1.165) is 25.7 Å². The van der Waals surface area contributed by atoms with Crippen molar-refractivity contribution in [3.05, 3.63) is 0 Å². The monoisotopic (exact) mass is 260 g/mol. The molecular formula is C12H24O4Si. The van der Waals surface area contributed by atoms with Crippen LogP contribution in [-0.4, -0.2) is 35.5 Å². The maximum absolute atomic E-state index is 6.03. The second-order valence-corrected chi connectivity index (χ2v) is 7.24. The lowest BCUT2D eigenvalue weighted by Gasteiger charge is -2.30. The van der Waals surface area contributed by atoms with Gasteiger partial charge in [-0.05, 0) is 25.7 Å². The van der Waals surface area contributed by atoms with Crippen LogP contribution in [0.2, 0.25) is 0 Å². The molecule has 0 bridgehead atoms. The molecule has 0 heterocycles. The zero-order chi connectivity index (χ0) is 12.1. The minimum absolute atomic E-state index is 0.267. The third kappa shape index (κ3) is 3.51. The first-order chi connectivity index (χ1) is 8.28. The number of rotatable bonds is 6.